The maximum Gasteiger partial charge on any atom is 0.326 e. The summed E-state index contributed by atoms with van der Waals surface area (Å²) in [5.41, 5.74) is 0. The van der Waals surface area contributed by atoms with Crippen molar-refractivity contribution in [3.05, 3.63) is 0 Å². The zero-order valence-corrected chi connectivity index (χ0v) is 11.4. The molecule has 4 heterocycles. The number of rotatable bonds is 2. The summed E-state index contributed by atoms with van der Waals surface area (Å²) in [5, 5.41) is 21.7. The molecule has 0 radical (unpaired) electrons. The van der Waals surface area contributed by atoms with Crippen molar-refractivity contribution in [2.75, 3.05) is 26.2 Å². The van der Waals surface area contributed by atoms with Gasteiger partial charge in [-0.25, -0.2) is 9.59 Å². The largest absolute Gasteiger partial charge is 0.480 e. The highest BCUT2D eigenvalue weighted by atomic mass is 16.4. The molecule has 20 heavy (non-hydrogen) atoms. The van der Waals surface area contributed by atoms with Gasteiger partial charge in [-0.3, -0.25) is 0 Å². The molecule has 0 spiro atoms. The van der Waals surface area contributed by atoms with Crippen LogP contribution in [-0.4, -0.2) is 76.4 Å². The Morgan fingerprint density at radius 3 is 2.40 bits per heavy atom. The maximum atomic E-state index is 12.3. The molecule has 7 nitrogen and oxygen atoms in total. The van der Waals surface area contributed by atoms with Crippen molar-refractivity contribution in [2.45, 2.75) is 37.5 Å². The van der Waals surface area contributed by atoms with Crippen LogP contribution in [0.1, 0.15) is 19.3 Å². The molecule has 2 amide bonds. The number of aliphatic carboxylic acids is 1. The summed E-state index contributed by atoms with van der Waals surface area (Å²) >= 11 is 0. The number of nitrogens with zero attached hydrogens (tertiary/aromatic N) is 2. The fourth-order valence-electron chi connectivity index (χ4n) is 3.64. The van der Waals surface area contributed by atoms with E-state index in [1.165, 1.54) is 4.90 Å². The van der Waals surface area contributed by atoms with Crippen LogP contribution in [-0.2, 0) is 4.79 Å². The molecule has 7 heteroatoms. The summed E-state index contributed by atoms with van der Waals surface area (Å²) in [6.45, 7) is 3.14. The summed E-state index contributed by atoms with van der Waals surface area (Å²) in [6, 6.07) is -1.16. The first-order valence-corrected chi connectivity index (χ1v) is 7.25. The lowest BCUT2D eigenvalue weighted by Gasteiger charge is -2.45. The summed E-state index contributed by atoms with van der Waals surface area (Å²) in [6.07, 6.45) is 1.56. The van der Waals surface area contributed by atoms with Crippen LogP contribution in [0.4, 0.5) is 4.79 Å². The number of likely N-dealkylation sites (tertiary alicyclic amines) is 1. The van der Waals surface area contributed by atoms with Gasteiger partial charge in [0.1, 0.15) is 6.04 Å². The van der Waals surface area contributed by atoms with Crippen molar-refractivity contribution in [1.29, 1.82) is 0 Å². The topological polar surface area (TPSA) is 93.1 Å². The third kappa shape index (κ3) is 2.47. The highest BCUT2D eigenvalue weighted by Gasteiger charge is 2.41. The quantitative estimate of drug-likeness (QED) is 0.624. The Balaban J connectivity index is 1.62. The number of piperidine rings is 3. The SMILES string of the molecule is O=C(O)[C@@H]1C[C@@H](O)CN1C(=O)NC1CN2CCC1CC2. The number of β-amino-alcohol motifs (C(OH)–C–C–N with tert-alkyl or cyclic N) is 1. The zero-order chi connectivity index (χ0) is 14.3. The number of fused-ring (bicyclic) bond motifs is 3. The Kier molecular flexibility index (Phi) is 3.55. The standard InChI is InChI=1S/C13H21N3O4/c17-9-5-11(12(18)19)16(6-9)13(20)14-10-7-15-3-1-8(10)2-4-15/h8-11,17H,1-7H2,(H,14,20)(H,18,19)/t9-,10?,11+/m1/s1. The van der Waals surface area contributed by atoms with Gasteiger partial charge in [0.25, 0.3) is 0 Å². The molecular weight excluding hydrogens is 262 g/mol. The second-order valence-corrected chi connectivity index (χ2v) is 6.09. The molecule has 4 saturated heterocycles. The van der Waals surface area contributed by atoms with E-state index in [1.54, 1.807) is 0 Å². The third-order valence-corrected chi connectivity index (χ3v) is 4.79. The molecule has 4 aliphatic rings. The molecule has 112 valence electrons. The molecule has 0 aromatic heterocycles. The number of aliphatic hydroxyl groups excluding tert-OH is 1. The molecule has 0 aromatic rings. The van der Waals surface area contributed by atoms with Crippen molar-refractivity contribution in [3.63, 3.8) is 0 Å². The van der Waals surface area contributed by atoms with Gasteiger partial charge in [-0.1, -0.05) is 0 Å². The normalized spacial score (nSPS) is 39.9. The number of carboxylic acids is 1. The minimum Gasteiger partial charge on any atom is -0.480 e. The number of carboxylic acid groups (broad SMARTS) is 1. The highest BCUT2D eigenvalue weighted by molar-refractivity contribution is 5.83. The molecule has 1 unspecified atom stereocenters. The van der Waals surface area contributed by atoms with Crippen molar-refractivity contribution in [1.82, 2.24) is 15.1 Å². The monoisotopic (exact) mass is 283 g/mol. The van der Waals surface area contributed by atoms with Gasteiger partial charge in [-0.05, 0) is 31.8 Å². The minimum absolute atomic E-state index is 0.101. The first kappa shape index (κ1) is 13.6. The number of carbonyl (C=O) groups excluding carboxylic acids is 1. The van der Waals surface area contributed by atoms with E-state index in [4.69, 9.17) is 5.11 Å². The first-order chi connectivity index (χ1) is 9.54. The van der Waals surface area contributed by atoms with E-state index in [0.717, 1.165) is 32.5 Å². The van der Waals surface area contributed by atoms with E-state index >= 15 is 0 Å². The number of hydrogen-bond donors (Lipinski definition) is 3. The van der Waals surface area contributed by atoms with Crippen LogP contribution >= 0.6 is 0 Å². The second-order valence-electron chi connectivity index (χ2n) is 6.09. The molecule has 0 aliphatic carbocycles. The molecule has 3 N–H and O–H groups in total. The van der Waals surface area contributed by atoms with Crippen LogP contribution in [0.2, 0.25) is 0 Å². The molecule has 2 bridgehead atoms. The molecule has 4 rings (SSSR count). The third-order valence-electron chi connectivity index (χ3n) is 4.79. The Morgan fingerprint density at radius 2 is 1.85 bits per heavy atom. The second kappa shape index (κ2) is 5.21. The molecule has 0 aromatic carbocycles. The van der Waals surface area contributed by atoms with Gasteiger partial charge < -0.3 is 25.3 Å². The smallest absolute Gasteiger partial charge is 0.326 e. The first-order valence-electron chi connectivity index (χ1n) is 7.25. The van der Waals surface area contributed by atoms with E-state index in [0.29, 0.717) is 5.92 Å². The molecule has 3 atom stereocenters. The zero-order valence-electron chi connectivity index (χ0n) is 11.4. The summed E-state index contributed by atoms with van der Waals surface area (Å²) in [4.78, 5) is 27.0. The van der Waals surface area contributed by atoms with E-state index in [1.807, 2.05) is 0 Å². The van der Waals surface area contributed by atoms with Crippen LogP contribution in [0.3, 0.4) is 0 Å². The number of aliphatic hydroxyl groups is 1. The van der Waals surface area contributed by atoms with Gasteiger partial charge in [0.2, 0.25) is 0 Å². The predicted molar refractivity (Wildman–Crippen MR) is 70.2 cm³/mol. The van der Waals surface area contributed by atoms with Crippen molar-refractivity contribution in [3.8, 4) is 0 Å². The fraction of sp³-hybridized carbons (Fsp3) is 0.846. The van der Waals surface area contributed by atoms with E-state index in [-0.39, 0.29) is 25.0 Å². The van der Waals surface area contributed by atoms with Crippen molar-refractivity contribution >= 4 is 12.0 Å². The van der Waals surface area contributed by atoms with Crippen LogP contribution in [0.5, 0.6) is 0 Å². The Morgan fingerprint density at radius 1 is 1.15 bits per heavy atom. The van der Waals surface area contributed by atoms with E-state index < -0.39 is 18.1 Å². The van der Waals surface area contributed by atoms with E-state index in [2.05, 4.69) is 10.2 Å². The van der Waals surface area contributed by atoms with Crippen molar-refractivity contribution in [2.24, 2.45) is 5.92 Å². The Labute approximate surface area is 117 Å². The summed E-state index contributed by atoms with van der Waals surface area (Å²) in [7, 11) is 0. The molecule has 4 aliphatic heterocycles. The summed E-state index contributed by atoms with van der Waals surface area (Å²) < 4.78 is 0. The maximum absolute atomic E-state index is 12.3. The molecule has 4 fully saturated rings. The van der Waals surface area contributed by atoms with Crippen LogP contribution in [0, 0.1) is 5.92 Å². The Hall–Kier alpha value is -1.34. The van der Waals surface area contributed by atoms with Gasteiger partial charge in [0.15, 0.2) is 0 Å². The van der Waals surface area contributed by atoms with Crippen LogP contribution in [0.15, 0.2) is 0 Å². The lowest BCUT2D eigenvalue weighted by molar-refractivity contribution is -0.141. The fourth-order valence-corrected chi connectivity index (χ4v) is 3.64. The minimum atomic E-state index is -1.05. The summed E-state index contributed by atoms with van der Waals surface area (Å²) in [5.74, 6) is -0.551. The van der Waals surface area contributed by atoms with Crippen LogP contribution in [0.25, 0.3) is 0 Å². The van der Waals surface area contributed by atoms with Gasteiger partial charge in [-0.2, -0.15) is 0 Å². The average molecular weight is 283 g/mol. The number of carbonyl (C=O) groups is 2. The van der Waals surface area contributed by atoms with Gasteiger partial charge in [0, 0.05) is 25.6 Å². The van der Waals surface area contributed by atoms with Crippen LogP contribution < -0.4 is 5.32 Å². The Bertz CT molecular complexity index is 408. The number of nitrogens with one attached hydrogen (secondary N) is 1. The van der Waals surface area contributed by atoms with E-state index in [9.17, 15) is 14.7 Å². The van der Waals surface area contributed by atoms with Crippen molar-refractivity contribution < 1.29 is 19.8 Å². The van der Waals surface area contributed by atoms with Gasteiger partial charge in [-0.15, -0.1) is 0 Å². The predicted octanol–water partition coefficient (Wildman–Crippen LogP) is -0.690. The van der Waals surface area contributed by atoms with Gasteiger partial charge in [0.05, 0.1) is 6.10 Å². The molecule has 0 saturated carbocycles. The lowest BCUT2D eigenvalue weighted by Crippen LogP contribution is -2.59. The average Bonchev–Trinajstić information content (AvgIpc) is 2.82. The highest BCUT2D eigenvalue weighted by Crippen LogP contribution is 2.28. The lowest BCUT2D eigenvalue weighted by atomic mass is 9.84. The number of hydrogen-bond acceptors (Lipinski definition) is 4. The van der Waals surface area contributed by atoms with Gasteiger partial charge >= 0.3 is 12.0 Å². The number of urea groups is 1. The number of amides is 2. The molecular formula is C13H21N3O4.